The van der Waals surface area contributed by atoms with E-state index in [1.165, 1.54) is 0 Å². The number of carbonyl (C=O) groups is 2. The van der Waals surface area contributed by atoms with Crippen LogP contribution >= 0.6 is 23.2 Å². The van der Waals surface area contributed by atoms with E-state index in [1.54, 1.807) is 12.3 Å². The molecule has 2 N–H and O–H groups in total. The van der Waals surface area contributed by atoms with Gasteiger partial charge in [-0.3, -0.25) is 14.6 Å². The first-order valence-electron chi connectivity index (χ1n) is 9.14. The van der Waals surface area contributed by atoms with Crippen LogP contribution in [-0.2, 0) is 16.1 Å². The van der Waals surface area contributed by atoms with Crippen LogP contribution in [0, 0.1) is 0 Å². The summed E-state index contributed by atoms with van der Waals surface area (Å²) in [5, 5.41) is 17.1. The van der Waals surface area contributed by atoms with E-state index in [-0.39, 0.29) is 6.54 Å². The van der Waals surface area contributed by atoms with Gasteiger partial charge in [0.15, 0.2) is 5.65 Å². The van der Waals surface area contributed by atoms with Gasteiger partial charge in [0.25, 0.3) is 0 Å². The van der Waals surface area contributed by atoms with Gasteiger partial charge in [0.1, 0.15) is 0 Å². The zero-order chi connectivity index (χ0) is 23.3. The van der Waals surface area contributed by atoms with Crippen LogP contribution in [0.25, 0.3) is 5.65 Å². The second-order valence-electron chi connectivity index (χ2n) is 7.09. The van der Waals surface area contributed by atoms with E-state index >= 15 is 0 Å². The molecule has 3 heterocycles. The second kappa shape index (κ2) is 10.5. The van der Waals surface area contributed by atoms with Crippen molar-refractivity contribution in [1.29, 1.82) is 0 Å². The number of pyridine rings is 1. The molecule has 1 aliphatic rings. The highest BCUT2D eigenvalue weighted by atomic mass is 35.5. The normalized spacial score (nSPS) is 15.7. The predicted molar refractivity (Wildman–Crippen MR) is 107 cm³/mol. The molecule has 0 aromatic carbocycles. The molecule has 0 saturated carbocycles. The topological polar surface area (TPSA) is 98.4 Å². The van der Waals surface area contributed by atoms with Gasteiger partial charge in [-0.05, 0) is 26.0 Å². The number of piperidine rings is 1. The number of carboxylic acid groups (broad SMARTS) is 2. The number of hydrogen-bond donors (Lipinski definition) is 2. The number of nitrogens with zero attached hydrogens (tertiary/aromatic N) is 4. The van der Waals surface area contributed by atoms with E-state index in [1.807, 2.05) is 22.5 Å². The molecule has 0 aliphatic carbocycles. The van der Waals surface area contributed by atoms with Crippen LogP contribution < -0.4 is 0 Å². The lowest BCUT2D eigenvalue weighted by atomic mass is 10.0. The van der Waals surface area contributed by atoms with Gasteiger partial charge in [0, 0.05) is 38.1 Å². The van der Waals surface area contributed by atoms with Crippen molar-refractivity contribution in [2.75, 3.05) is 26.7 Å². The minimum atomic E-state index is -5.08. The van der Waals surface area contributed by atoms with Crippen molar-refractivity contribution in [3.63, 3.8) is 0 Å². The average Bonchev–Trinajstić information content (AvgIpc) is 3.04. The van der Waals surface area contributed by atoms with Crippen LogP contribution in [0.4, 0.5) is 13.2 Å². The number of halogens is 5. The standard InChI is InChI=1S/C16H20Cl2N4O2.C2HF3O2/c1-20(10-15(23)24)13-2-4-21(5-3-13)8-12-9-22-7-11(17)6-14(18)16(22)19-12;3-2(4,5)1(6)7/h6-7,9,13H,2-5,8,10H2,1H3,(H,23,24);(H,6,7). The molecule has 1 saturated heterocycles. The fourth-order valence-electron chi connectivity index (χ4n) is 3.24. The Kier molecular flexibility index (Phi) is 8.52. The fourth-order valence-corrected chi connectivity index (χ4v) is 3.77. The van der Waals surface area contributed by atoms with Gasteiger partial charge < -0.3 is 14.6 Å². The van der Waals surface area contributed by atoms with E-state index in [0.29, 0.717) is 21.7 Å². The molecular weight excluding hydrogens is 464 g/mol. The summed E-state index contributed by atoms with van der Waals surface area (Å²) in [5.74, 6) is -3.53. The van der Waals surface area contributed by atoms with Crippen molar-refractivity contribution >= 4 is 40.8 Å². The zero-order valence-electron chi connectivity index (χ0n) is 16.4. The lowest BCUT2D eigenvalue weighted by Gasteiger charge is -2.35. The Bertz CT molecular complexity index is 930. The largest absolute Gasteiger partial charge is 0.490 e. The van der Waals surface area contributed by atoms with Gasteiger partial charge in [-0.2, -0.15) is 13.2 Å². The van der Waals surface area contributed by atoms with Crippen molar-refractivity contribution in [3.8, 4) is 0 Å². The maximum absolute atomic E-state index is 10.8. The number of aromatic nitrogens is 2. The molecule has 1 aliphatic heterocycles. The molecule has 0 atom stereocenters. The maximum atomic E-state index is 10.8. The molecule has 0 radical (unpaired) electrons. The number of aliphatic carboxylic acids is 2. The molecule has 31 heavy (non-hydrogen) atoms. The molecule has 0 bridgehead atoms. The summed E-state index contributed by atoms with van der Waals surface area (Å²) in [6.45, 7) is 2.70. The van der Waals surface area contributed by atoms with Crippen LogP contribution in [0.1, 0.15) is 18.5 Å². The van der Waals surface area contributed by atoms with Crippen LogP contribution in [0.5, 0.6) is 0 Å². The van der Waals surface area contributed by atoms with E-state index in [2.05, 4.69) is 9.88 Å². The number of imidazole rings is 1. The molecule has 0 unspecified atom stereocenters. The fraction of sp³-hybridized carbons (Fsp3) is 0.500. The lowest BCUT2D eigenvalue weighted by molar-refractivity contribution is -0.192. The van der Waals surface area contributed by atoms with E-state index in [4.69, 9.17) is 38.2 Å². The average molecular weight is 485 g/mol. The number of rotatable bonds is 5. The molecule has 1 fully saturated rings. The molecule has 8 nitrogen and oxygen atoms in total. The van der Waals surface area contributed by atoms with E-state index in [9.17, 15) is 18.0 Å². The first-order chi connectivity index (χ1) is 14.4. The SMILES string of the molecule is CN(CC(=O)O)C1CCN(Cc2cn3cc(Cl)cc(Cl)c3n2)CC1.O=C(O)C(F)(F)F. The Hall–Kier alpha value is -2.08. The van der Waals surface area contributed by atoms with Gasteiger partial charge in [0.2, 0.25) is 0 Å². The molecule has 2 aromatic rings. The summed E-state index contributed by atoms with van der Waals surface area (Å²) in [5.41, 5.74) is 1.67. The number of hydrogen-bond acceptors (Lipinski definition) is 5. The van der Waals surface area contributed by atoms with Crippen LogP contribution in [0.15, 0.2) is 18.5 Å². The van der Waals surface area contributed by atoms with Gasteiger partial charge in [-0.1, -0.05) is 23.2 Å². The van der Waals surface area contributed by atoms with Gasteiger partial charge in [0.05, 0.1) is 22.3 Å². The minimum Gasteiger partial charge on any atom is -0.480 e. The molecule has 0 spiro atoms. The minimum absolute atomic E-state index is 0.0936. The summed E-state index contributed by atoms with van der Waals surface area (Å²) in [4.78, 5) is 28.5. The highest BCUT2D eigenvalue weighted by Gasteiger charge is 2.38. The Labute approximate surface area is 185 Å². The lowest BCUT2D eigenvalue weighted by Crippen LogP contribution is -2.44. The number of carboxylic acids is 2. The van der Waals surface area contributed by atoms with E-state index in [0.717, 1.165) is 38.2 Å². The third kappa shape index (κ3) is 7.53. The van der Waals surface area contributed by atoms with Crippen molar-refractivity contribution < 1.29 is 33.0 Å². The number of likely N-dealkylation sites (N-methyl/N-ethyl adjacent to an activating group) is 1. The molecule has 3 rings (SSSR count). The van der Waals surface area contributed by atoms with Gasteiger partial charge in [-0.15, -0.1) is 0 Å². The molecule has 13 heteroatoms. The summed E-state index contributed by atoms with van der Waals surface area (Å²) >= 11 is 12.2. The van der Waals surface area contributed by atoms with Gasteiger partial charge in [-0.25, -0.2) is 9.78 Å². The quantitative estimate of drug-likeness (QED) is 0.671. The number of fused-ring (bicyclic) bond motifs is 1. The smallest absolute Gasteiger partial charge is 0.480 e. The van der Waals surface area contributed by atoms with Gasteiger partial charge >= 0.3 is 18.1 Å². The monoisotopic (exact) mass is 484 g/mol. The molecular formula is C18H21Cl2F3N4O4. The van der Waals surface area contributed by atoms with Crippen molar-refractivity contribution in [2.24, 2.45) is 0 Å². The first-order valence-corrected chi connectivity index (χ1v) is 9.89. The highest BCUT2D eigenvalue weighted by Crippen LogP contribution is 2.23. The molecule has 2 aromatic heterocycles. The summed E-state index contributed by atoms with van der Waals surface area (Å²) in [6.07, 6.45) is 0.593. The Morgan fingerprint density at radius 1 is 1.23 bits per heavy atom. The molecule has 172 valence electrons. The number of likely N-dealkylation sites (tertiary alicyclic amines) is 1. The summed E-state index contributed by atoms with van der Waals surface area (Å²) < 4.78 is 33.6. The predicted octanol–water partition coefficient (Wildman–Crippen LogP) is 3.26. The Morgan fingerprint density at radius 3 is 2.32 bits per heavy atom. The number of alkyl halides is 3. The first kappa shape index (κ1) is 25.2. The van der Waals surface area contributed by atoms with E-state index < -0.39 is 18.1 Å². The van der Waals surface area contributed by atoms with Crippen molar-refractivity contribution in [2.45, 2.75) is 31.6 Å². The molecule has 0 amide bonds. The zero-order valence-corrected chi connectivity index (χ0v) is 18.0. The third-order valence-electron chi connectivity index (χ3n) is 4.72. The third-order valence-corrected chi connectivity index (χ3v) is 5.20. The highest BCUT2D eigenvalue weighted by molar-refractivity contribution is 6.36. The second-order valence-corrected chi connectivity index (χ2v) is 7.93. The van der Waals surface area contributed by atoms with Crippen LogP contribution in [0.3, 0.4) is 0 Å². The van der Waals surface area contributed by atoms with Crippen molar-refractivity contribution in [3.05, 3.63) is 34.2 Å². The Balaban J connectivity index is 0.000000423. The van der Waals surface area contributed by atoms with Crippen LogP contribution in [0.2, 0.25) is 10.0 Å². The summed E-state index contributed by atoms with van der Waals surface area (Å²) in [7, 11) is 1.88. The van der Waals surface area contributed by atoms with Crippen LogP contribution in [-0.4, -0.2) is 80.2 Å². The maximum Gasteiger partial charge on any atom is 0.490 e. The van der Waals surface area contributed by atoms with Crippen molar-refractivity contribution in [1.82, 2.24) is 19.2 Å². The summed E-state index contributed by atoms with van der Waals surface area (Å²) in [6, 6.07) is 2.02. The Morgan fingerprint density at radius 2 is 1.81 bits per heavy atom.